The van der Waals surface area contributed by atoms with E-state index in [0.717, 1.165) is 11.8 Å². The maximum absolute atomic E-state index is 11.2. The Morgan fingerprint density at radius 2 is 2.19 bits per heavy atom. The molecule has 0 saturated heterocycles. The van der Waals surface area contributed by atoms with E-state index in [1.165, 1.54) is 6.92 Å². The van der Waals surface area contributed by atoms with Gasteiger partial charge in [0.05, 0.1) is 29.6 Å². The Hall–Kier alpha value is -1.26. The summed E-state index contributed by atoms with van der Waals surface area (Å²) < 4.78 is 0. The predicted molar refractivity (Wildman–Crippen MR) is 58.8 cm³/mol. The Morgan fingerprint density at radius 3 is 2.69 bits per heavy atom. The molecule has 1 atom stereocenters. The van der Waals surface area contributed by atoms with Crippen molar-refractivity contribution in [3.63, 3.8) is 0 Å². The van der Waals surface area contributed by atoms with E-state index in [0.29, 0.717) is 0 Å². The fraction of sp³-hybridized carbons (Fsp3) is 0.667. The molecular formula is C9H14N2O4S. The summed E-state index contributed by atoms with van der Waals surface area (Å²) in [7, 11) is 0. The molecule has 0 radical (unpaired) electrons. The van der Waals surface area contributed by atoms with Gasteiger partial charge in [-0.25, -0.2) is 0 Å². The lowest BCUT2D eigenvalue weighted by molar-refractivity contribution is -0.142. The molecule has 7 heteroatoms. The number of aliphatic hydroxyl groups is 1. The summed E-state index contributed by atoms with van der Waals surface area (Å²) in [5.41, 5.74) is -1.46. The van der Waals surface area contributed by atoms with Gasteiger partial charge in [0.2, 0.25) is 5.91 Å². The number of carboxylic acid groups (broad SMARTS) is 1. The molecular weight excluding hydrogens is 232 g/mol. The van der Waals surface area contributed by atoms with Crippen LogP contribution in [0.4, 0.5) is 0 Å². The number of amides is 1. The van der Waals surface area contributed by atoms with E-state index in [-0.39, 0.29) is 24.0 Å². The number of carbonyl (C=O) groups is 2. The molecule has 0 fully saturated rings. The topological polar surface area (TPSA) is 110 Å². The van der Waals surface area contributed by atoms with Crippen LogP contribution >= 0.6 is 11.8 Å². The van der Waals surface area contributed by atoms with Crippen molar-refractivity contribution in [2.45, 2.75) is 18.9 Å². The molecule has 0 heterocycles. The summed E-state index contributed by atoms with van der Waals surface area (Å²) in [6.45, 7) is 1.22. The van der Waals surface area contributed by atoms with Crippen LogP contribution in [0.5, 0.6) is 0 Å². The molecule has 16 heavy (non-hydrogen) atoms. The minimum atomic E-state index is -1.46. The first kappa shape index (κ1) is 14.7. The Kier molecular flexibility index (Phi) is 6.53. The average molecular weight is 246 g/mol. The number of carbonyl (C=O) groups excluding carboxylic acids is 1. The molecule has 1 amide bonds. The van der Waals surface area contributed by atoms with E-state index < -0.39 is 18.0 Å². The van der Waals surface area contributed by atoms with Gasteiger partial charge in [-0.1, -0.05) is 0 Å². The van der Waals surface area contributed by atoms with E-state index in [9.17, 15) is 14.7 Å². The third-order valence-electron chi connectivity index (χ3n) is 1.60. The van der Waals surface area contributed by atoms with E-state index in [1.54, 1.807) is 0 Å². The van der Waals surface area contributed by atoms with Crippen molar-refractivity contribution in [3.05, 3.63) is 0 Å². The molecule has 0 spiro atoms. The fourth-order valence-corrected chi connectivity index (χ4v) is 1.40. The number of hydrogen-bond donors (Lipinski definition) is 3. The summed E-state index contributed by atoms with van der Waals surface area (Å²) >= 11 is 1.15. The molecule has 6 nitrogen and oxygen atoms in total. The lowest BCUT2D eigenvalue weighted by atomic mass is 10.0. The third-order valence-corrected chi connectivity index (χ3v) is 2.40. The van der Waals surface area contributed by atoms with Crippen molar-refractivity contribution in [1.82, 2.24) is 5.32 Å². The first-order valence-corrected chi connectivity index (χ1v) is 5.68. The number of aliphatic carboxylic acids is 1. The minimum absolute atomic E-state index is 0.120. The van der Waals surface area contributed by atoms with Crippen molar-refractivity contribution < 1.29 is 19.8 Å². The van der Waals surface area contributed by atoms with Crippen LogP contribution in [-0.4, -0.2) is 45.7 Å². The maximum Gasteiger partial charge on any atom is 0.306 e. The van der Waals surface area contributed by atoms with Crippen molar-refractivity contribution >= 4 is 23.6 Å². The highest BCUT2D eigenvalue weighted by Gasteiger charge is 2.24. The zero-order valence-corrected chi connectivity index (χ0v) is 9.71. The Labute approximate surface area is 97.6 Å². The number of nitriles is 1. The van der Waals surface area contributed by atoms with Gasteiger partial charge in [0.15, 0.2) is 0 Å². The van der Waals surface area contributed by atoms with E-state index in [1.807, 2.05) is 6.07 Å². The van der Waals surface area contributed by atoms with E-state index in [2.05, 4.69) is 5.32 Å². The summed E-state index contributed by atoms with van der Waals surface area (Å²) in [5, 5.41) is 28.7. The minimum Gasteiger partial charge on any atom is -0.481 e. The van der Waals surface area contributed by atoms with Gasteiger partial charge in [0, 0.05) is 6.54 Å². The van der Waals surface area contributed by atoms with Gasteiger partial charge in [-0.15, -0.1) is 11.8 Å². The van der Waals surface area contributed by atoms with Gasteiger partial charge in [-0.05, 0) is 6.92 Å². The van der Waals surface area contributed by atoms with Crippen LogP contribution in [0.15, 0.2) is 0 Å². The van der Waals surface area contributed by atoms with Crippen molar-refractivity contribution in [2.75, 3.05) is 18.1 Å². The van der Waals surface area contributed by atoms with Crippen LogP contribution in [0.3, 0.4) is 0 Å². The molecule has 0 aliphatic rings. The SMILES string of the molecule is CC(O)(CNC(=O)CSCC#N)CC(=O)O. The van der Waals surface area contributed by atoms with Crippen LogP contribution in [0.2, 0.25) is 0 Å². The number of rotatable bonds is 7. The zero-order valence-electron chi connectivity index (χ0n) is 8.89. The summed E-state index contributed by atoms with van der Waals surface area (Å²) in [6.07, 6.45) is -0.432. The second-order valence-electron chi connectivity index (χ2n) is 3.50. The summed E-state index contributed by atoms with van der Waals surface area (Å²) in [6, 6.07) is 1.88. The molecule has 0 rings (SSSR count). The van der Waals surface area contributed by atoms with E-state index in [4.69, 9.17) is 10.4 Å². The molecule has 0 aliphatic carbocycles. The normalized spacial score (nSPS) is 13.6. The number of nitrogens with zero attached hydrogens (tertiary/aromatic N) is 1. The highest BCUT2D eigenvalue weighted by molar-refractivity contribution is 8.00. The Balaban J connectivity index is 3.82. The molecule has 0 aliphatic heterocycles. The van der Waals surface area contributed by atoms with Crippen molar-refractivity contribution in [2.24, 2.45) is 0 Å². The molecule has 0 aromatic carbocycles. The monoisotopic (exact) mass is 246 g/mol. The van der Waals surface area contributed by atoms with Crippen LogP contribution in [-0.2, 0) is 9.59 Å². The highest BCUT2D eigenvalue weighted by atomic mass is 32.2. The number of nitrogens with one attached hydrogen (secondary N) is 1. The lowest BCUT2D eigenvalue weighted by Gasteiger charge is -2.21. The molecule has 0 aromatic heterocycles. The maximum atomic E-state index is 11.2. The molecule has 0 bridgehead atoms. The highest BCUT2D eigenvalue weighted by Crippen LogP contribution is 2.07. The smallest absolute Gasteiger partial charge is 0.306 e. The molecule has 1 unspecified atom stereocenters. The van der Waals surface area contributed by atoms with Gasteiger partial charge < -0.3 is 15.5 Å². The molecule has 3 N–H and O–H groups in total. The standard InChI is InChI=1S/C9H14N2O4S/c1-9(15,4-8(13)14)6-11-7(12)5-16-3-2-10/h15H,3-6H2,1H3,(H,11,12)(H,13,14). The van der Waals surface area contributed by atoms with Crippen LogP contribution < -0.4 is 5.32 Å². The number of hydrogen-bond acceptors (Lipinski definition) is 5. The number of carboxylic acids is 1. The first-order valence-electron chi connectivity index (χ1n) is 4.53. The second kappa shape index (κ2) is 7.09. The largest absolute Gasteiger partial charge is 0.481 e. The van der Waals surface area contributed by atoms with Gasteiger partial charge >= 0.3 is 5.97 Å². The molecule has 0 saturated carbocycles. The lowest BCUT2D eigenvalue weighted by Crippen LogP contribution is -2.42. The second-order valence-corrected chi connectivity index (χ2v) is 4.48. The number of thioether (sulfide) groups is 1. The van der Waals surface area contributed by atoms with Gasteiger partial charge in [0.1, 0.15) is 0 Å². The van der Waals surface area contributed by atoms with Crippen LogP contribution in [0.25, 0.3) is 0 Å². The first-order chi connectivity index (χ1) is 7.37. The quantitative estimate of drug-likeness (QED) is 0.526. The fourth-order valence-electron chi connectivity index (χ4n) is 0.918. The Bertz CT molecular complexity index is 298. The van der Waals surface area contributed by atoms with Crippen molar-refractivity contribution in [3.8, 4) is 6.07 Å². The Morgan fingerprint density at radius 1 is 1.56 bits per heavy atom. The van der Waals surface area contributed by atoms with E-state index >= 15 is 0 Å². The van der Waals surface area contributed by atoms with Crippen LogP contribution in [0.1, 0.15) is 13.3 Å². The van der Waals surface area contributed by atoms with Gasteiger partial charge in [-0.2, -0.15) is 5.26 Å². The predicted octanol–water partition coefficient (Wildman–Crippen LogP) is -0.415. The van der Waals surface area contributed by atoms with Crippen LogP contribution in [0, 0.1) is 11.3 Å². The summed E-state index contributed by atoms with van der Waals surface area (Å²) in [4.78, 5) is 21.5. The van der Waals surface area contributed by atoms with Gasteiger partial charge in [-0.3, -0.25) is 9.59 Å². The zero-order chi connectivity index (χ0) is 12.6. The average Bonchev–Trinajstić information content (AvgIpc) is 2.13. The molecule has 0 aromatic rings. The van der Waals surface area contributed by atoms with Crippen molar-refractivity contribution in [1.29, 1.82) is 5.26 Å². The molecule has 90 valence electrons. The third kappa shape index (κ3) is 8.08. The van der Waals surface area contributed by atoms with Gasteiger partial charge in [0.25, 0.3) is 0 Å². The summed E-state index contributed by atoms with van der Waals surface area (Å²) in [5.74, 6) is -1.11.